The van der Waals surface area contributed by atoms with E-state index in [0.717, 1.165) is 12.2 Å². The van der Waals surface area contributed by atoms with Crippen molar-refractivity contribution in [3.63, 3.8) is 0 Å². The van der Waals surface area contributed by atoms with Crippen LogP contribution in [0.15, 0.2) is 52.2 Å². The summed E-state index contributed by atoms with van der Waals surface area (Å²) < 4.78 is 6.73. The third-order valence-electron chi connectivity index (χ3n) is 6.37. The lowest BCUT2D eigenvalue weighted by Crippen LogP contribution is -2.37. The molecule has 5 rings (SSSR count). The van der Waals surface area contributed by atoms with E-state index in [0.29, 0.717) is 12.0 Å². The maximum absolute atomic E-state index is 5.54. The molecular weight excluding hydrogens is 362 g/mol. The van der Waals surface area contributed by atoms with Crippen LogP contribution in [0.3, 0.4) is 0 Å². The molecule has 0 radical (unpaired) electrons. The van der Waals surface area contributed by atoms with Gasteiger partial charge in [-0.05, 0) is 54.2 Å². The highest BCUT2D eigenvalue weighted by atomic mass is 79.9. The number of hydrogen-bond donors (Lipinski definition) is 1. The van der Waals surface area contributed by atoms with Crippen molar-refractivity contribution in [3.8, 4) is 5.75 Å². The number of halogens is 1. The molecule has 1 fully saturated rings. The van der Waals surface area contributed by atoms with Crippen molar-refractivity contribution in [3.05, 3.63) is 63.3 Å². The Morgan fingerprint density at radius 1 is 1.25 bits per heavy atom. The van der Waals surface area contributed by atoms with Crippen molar-refractivity contribution in [2.75, 3.05) is 7.11 Å². The van der Waals surface area contributed by atoms with Crippen LogP contribution in [0.1, 0.15) is 36.8 Å². The molecule has 2 atom stereocenters. The third-order valence-corrected chi connectivity index (χ3v) is 6.90. The summed E-state index contributed by atoms with van der Waals surface area (Å²) >= 11 is 3.65. The number of benzene rings is 1. The highest BCUT2D eigenvalue weighted by Gasteiger charge is 2.49. The van der Waals surface area contributed by atoms with Crippen molar-refractivity contribution in [2.24, 2.45) is 5.92 Å². The number of methoxy groups -OCH3 is 1. The minimum absolute atomic E-state index is 0.183. The van der Waals surface area contributed by atoms with Crippen molar-refractivity contribution in [1.82, 2.24) is 5.32 Å². The fourth-order valence-electron chi connectivity index (χ4n) is 5.31. The van der Waals surface area contributed by atoms with E-state index >= 15 is 0 Å². The summed E-state index contributed by atoms with van der Waals surface area (Å²) in [7, 11) is 1.77. The molecule has 1 aromatic rings. The molecule has 2 unspecified atom stereocenters. The van der Waals surface area contributed by atoms with E-state index in [2.05, 4.69) is 57.7 Å². The zero-order valence-electron chi connectivity index (χ0n) is 13.9. The van der Waals surface area contributed by atoms with Gasteiger partial charge in [-0.25, -0.2) is 0 Å². The van der Waals surface area contributed by atoms with Gasteiger partial charge in [0.2, 0.25) is 0 Å². The first-order valence-corrected chi connectivity index (χ1v) is 9.73. The van der Waals surface area contributed by atoms with Crippen LogP contribution in [0.2, 0.25) is 0 Å². The first kappa shape index (κ1) is 14.8. The smallest absolute Gasteiger partial charge is 0.119 e. The Balaban J connectivity index is 1.67. The van der Waals surface area contributed by atoms with E-state index in [9.17, 15) is 0 Å². The zero-order valence-corrected chi connectivity index (χ0v) is 15.5. The summed E-state index contributed by atoms with van der Waals surface area (Å²) in [5.74, 6) is 1.50. The molecule has 24 heavy (non-hydrogen) atoms. The van der Waals surface area contributed by atoms with Gasteiger partial charge in [0.15, 0.2) is 0 Å². The molecule has 3 aliphatic carbocycles. The Labute approximate surface area is 151 Å². The first-order chi connectivity index (χ1) is 11.7. The summed E-state index contributed by atoms with van der Waals surface area (Å²) in [5.41, 5.74) is 6.34. The molecular formula is C21H22BrNO. The summed E-state index contributed by atoms with van der Waals surface area (Å²) in [5, 5.41) is 3.92. The second-order valence-electron chi connectivity index (χ2n) is 7.50. The van der Waals surface area contributed by atoms with Crippen LogP contribution in [0.4, 0.5) is 0 Å². The maximum Gasteiger partial charge on any atom is 0.119 e. The molecule has 4 aliphatic rings. The zero-order chi connectivity index (χ0) is 16.3. The molecule has 1 saturated carbocycles. The highest BCUT2D eigenvalue weighted by molar-refractivity contribution is 9.11. The summed E-state index contributed by atoms with van der Waals surface area (Å²) in [4.78, 5) is 0. The van der Waals surface area contributed by atoms with Gasteiger partial charge >= 0.3 is 0 Å². The van der Waals surface area contributed by atoms with Gasteiger partial charge in [-0.3, -0.25) is 0 Å². The van der Waals surface area contributed by atoms with E-state index < -0.39 is 0 Å². The maximum atomic E-state index is 5.54. The van der Waals surface area contributed by atoms with Gasteiger partial charge < -0.3 is 10.1 Å². The predicted molar refractivity (Wildman–Crippen MR) is 100 cm³/mol. The Kier molecular flexibility index (Phi) is 3.25. The molecule has 0 bridgehead atoms. The molecule has 2 nitrogen and oxygen atoms in total. The van der Waals surface area contributed by atoms with Gasteiger partial charge in [0, 0.05) is 21.5 Å². The topological polar surface area (TPSA) is 21.3 Å². The van der Waals surface area contributed by atoms with Gasteiger partial charge in [-0.1, -0.05) is 47.0 Å². The van der Waals surface area contributed by atoms with Crippen LogP contribution in [-0.4, -0.2) is 13.2 Å². The Bertz CT molecular complexity index is 798. The van der Waals surface area contributed by atoms with Gasteiger partial charge in [-0.15, -0.1) is 0 Å². The van der Waals surface area contributed by atoms with E-state index in [4.69, 9.17) is 4.74 Å². The number of fused-ring (bicyclic) bond motifs is 5. The van der Waals surface area contributed by atoms with Gasteiger partial charge in [0.05, 0.1) is 13.2 Å². The number of nitrogens with one attached hydrogen (secondary N) is 1. The summed E-state index contributed by atoms with van der Waals surface area (Å²) in [6.45, 7) is 0. The van der Waals surface area contributed by atoms with Crippen molar-refractivity contribution >= 4 is 15.9 Å². The Hall–Kier alpha value is -1.48. The molecule has 3 heteroatoms. The molecule has 124 valence electrons. The van der Waals surface area contributed by atoms with Crippen LogP contribution in [0, 0.1) is 5.92 Å². The number of ether oxygens (including phenoxy) is 1. The van der Waals surface area contributed by atoms with E-state index in [-0.39, 0.29) is 5.41 Å². The lowest BCUT2D eigenvalue weighted by Gasteiger charge is -2.38. The SMILES string of the molecule is COc1ccc2c(c1)C1(CCCC1)C1=C(C2)C2C=CC(Br)=CC2N1. The molecule has 1 aliphatic heterocycles. The Morgan fingerprint density at radius 2 is 2.08 bits per heavy atom. The minimum Gasteiger partial charge on any atom is -0.497 e. The number of allylic oxidation sites excluding steroid dienone is 3. The van der Waals surface area contributed by atoms with E-state index in [1.165, 1.54) is 47.0 Å². The Morgan fingerprint density at radius 3 is 2.88 bits per heavy atom. The largest absolute Gasteiger partial charge is 0.497 e. The molecule has 0 saturated heterocycles. The van der Waals surface area contributed by atoms with E-state index in [1.807, 2.05) is 0 Å². The van der Waals surface area contributed by atoms with Crippen LogP contribution in [0.5, 0.6) is 5.75 Å². The average molecular weight is 384 g/mol. The summed E-state index contributed by atoms with van der Waals surface area (Å²) in [6.07, 6.45) is 13.1. The normalized spacial score (nSPS) is 29.0. The highest BCUT2D eigenvalue weighted by Crippen LogP contribution is 2.55. The minimum atomic E-state index is 0.183. The van der Waals surface area contributed by atoms with Crippen LogP contribution >= 0.6 is 15.9 Å². The first-order valence-electron chi connectivity index (χ1n) is 8.94. The third kappa shape index (κ3) is 1.94. The molecule has 1 heterocycles. The predicted octanol–water partition coefficient (Wildman–Crippen LogP) is 4.75. The second kappa shape index (κ2) is 5.26. The van der Waals surface area contributed by atoms with Gasteiger partial charge in [-0.2, -0.15) is 0 Å². The van der Waals surface area contributed by atoms with E-state index in [1.54, 1.807) is 12.7 Å². The summed E-state index contributed by atoms with van der Waals surface area (Å²) in [6, 6.07) is 7.13. The molecule has 1 spiro atoms. The van der Waals surface area contributed by atoms with Crippen LogP contribution in [0.25, 0.3) is 0 Å². The molecule has 1 aromatic carbocycles. The monoisotopic (exact) mass is 383 g/mol. The fourth-order valence-corrected chi connectivity index (χ4v) is 5.75. The quantitative estimate of drug-likeness (QED) is 0.754. The molecule has 1 N–H and O–H groups in total. The lowest BCUT2D eigenvalue weighted by atomic mass is 9.67. The number of hydrogen-bond acceptors (Lipinski definition) is 2. The fraction of sp³-hybridized carbons (Fsp3) is 0.429. The molecule has 0 aromatic heterocycles. The average Bonchev–Trinajstić information content (AvgIpc) is 3.21. The van der Waals surface area contributed by atoms with Crippen molar-refractivity contribution in [1.29, 1.82) is 0 Å². The second-order valence-corrected chi connectivity index (χ2v) is 8.41. The lowest BCUT2D eigenvalue weighted by molar-refractivity contribution is 0.409. The van der Waals surface area contributed by atoms with Gasteiger partial charge in [0.25, 0.3) is 0 Å². The van der Waals surface area contributed by atoms with Crippen LogP contribution < -0.4 is 10.1 Å². The van der Waals surface area contributed by atoms with Crippen molar-refractivity contribution in [2.45, 2.75) is 43.6 Å². The molecule has 0 amide bonds. The van der Waals surface area contributed by atoms with Crippen LogP contribution in [-0.2, 0) is 11.8 Å². The standard InChI is InChI=1S/C21H22BrNO/c1-24-15-6-4-13-10-17-16-7-5-14(22)11-19(16)23-20(17)21(18(13)12-15)8-2-3-9-21/h4-7,11-12,16,19,23H,2-3,8-10H2,1H3. The van der Waals surface area contributed by atoms with Gasteiger partial charge in [0.1, 0.15) is 5.75 Å². The number of rotatable bonds is 1. The van der Waals surface area contributed by atoms with Crippen molar-refractivity contribution < 1.29 is 4.74 Å².